The molecule has 0 aliphatic heterocycles. The fraction of sp³-hybridized carbons (Fsp3) is 0.562. The predicted octanol–water partition coefficient (Wildman–Crippen LogP) is 1.02. The molecule has 0 bridgehead atoms. The molecule has 1 aromatic carbocycles. The van der Waals surface area contributed by atoms with Crippen LogP contribution in [0.15, 0.2) is 30.3 Å². The number of carbonyl (C=O) groups excluding carboxylic acids is 1. The summed E-state index contributed by atoms with van der Waals surface area (Å²) in [7, 11) is 3.67. The first-order chi connectivity index (χ1) is 12.0. The molecule has 8 nitrogen and oxygen atoms in total. The molecule has 0 spiro atoms. The summed E-state index contributed by atoms with van der Waals surface area (Å²) in [6, 6.07) is 8.49. The zero-order valence-corrected chi connectivity index (χ0v) is 14.1. The minimum Gasteiger partial charge on any atom is -0.390 e. The van der Waals surface area contributed by atoms with E-state index < -0.39 is 36.6 Å². The van der Waals surface area contributed by atoms with Crippen molar-refractivity contribution in [1.29, 1.82) is 0 Å². The highest BCUT2D eigenvalue weighted by Crippen LogP contribution is 2.19. The normalized spacial score (nSPS) is 18.3. The molecule has 1 rings (SSSR count). The Labute approximate surface area is 142 Å². The fourth-order valence-corrected chi connectivity index (χ4v) is 2.07. The Bertz CT molecular complexity index is 498. The quantitative estimate of drug-likeness (QED) is 0.443. The summed E-state index contributed by atoms with van der Waals surface area (Å²) >= 11 is 0. The Balaban J connectivity index is 3.12. The van der Waals surface area contributed by atoms with Gasteiger partial charge in [0.15, 0.2) is 24.1 Å². The van der Waals surface area contributed by atoms with Gasteiger partial charge in [0.2, 0.25) is 0 Å². The van der Waals surface area contributed by atoms with Crippen molar-refractivity contribution in [1.82, 2.24) is 0 Å². The first-order valence-corrected chi connectivity index (χ1v) is 7.25. The van der Waals surface area contributed by atoms with Crippen LogP contribution in [0.1, 0.15) is 13.9 Å². The average Bonchev–Trinajstić information content (AvgIpc) is 2.62. The van der Waals surface area contributed by atoms with Gasteiger partial charge in [0, 0.05) is 7.77 Å². The number of ketones is 1. The Kier molecular flexibility index (Phi) is 8.85. The number of aliphatic hydroxyl groups is 1. The second-order valence-electron chi connectivity index (χ2n) is 4.84. The van der Waals surface area contributed by atoms with Gasteiger partial charge in [-0.15, -0.1) is 0 Å². The summed E-state index contributed by atoms with van der Waals surface area (Å²) in [5, 5.41) is 9.90. The largest absolute Gasteiger partial charge is 0.390 e. The molecule has 136 valence electrons. The Morgan fingerprint density at radius 3 is 2.08 bits per heavy atom. The van der Waals surface area contributed by atoms with Crippen LogP contribution in [0.4, 0.5) is 0 Å². The topological polar surface area (TPSA) is 92.7 Å². The molecule has 0 aliphatic carbocycles. The van der Waals surface area contributed by atoms with Crippen molar-refractivity contribution in [2.75, 3.05) is 21.3 Å². The molecule has 0 amide bonds. The Hall–Kier alpha value is -1.39. The lowest BCUT2D eigenvalue weighted by atomic mass is 9.97. The number of benzene rings is 1. The molecular formula is C16H24O8. The van der Waals surface area contributed by atoms with Gasteiger partial charge in [-0.25, -0.2) is 29.3 Å². The summed E-state index contributed by atoms with van der Waals surface area (Å²) in [6.07, 6.45) is -6.17. The highest BCUT2D eigenvalue weighted by atomic mass is 17.2. The van der Waals surface area contributed by atoms with Gasteiger partial charge in [-0.3, -0.25) is 4.79 Å². The molecule has 0 fully saturated rings. The van der Waals surface area contributed by atoms with Crippen LogP contribution in [0.2, 0.25) is 0 Å². The van der Waals surface area contributed by atoms with E-state index in [-0.39, 0.29) is 0 Å². The molecule has 5 atom stereocenters. The maximum absolute atomic E-state index is 12.8. The molecule has 24 heavy (non-hydrogen) atoms. The Morgan fingerprint density at radius 2 is 1.58 bits per heavy atom. The van der Waals surface area contributed by atoms with E-state index in [1.54, 1.807) is 30.3 Å². The highest BCUT2D eigenvalue weighted by Gasteiger charge is 2.41. The second kappa shape index (κ2) is 11.2. The lowest BCUT2D eigenvalue weighted by Gasteiger charge is -2.30. The molecule has 0 aliphatic rings. The van der Waals surface area contributed by atoms with Crippen molar-refractivity contribution in [2.24, 2.45) is 0 Å². The molecule has 1 N–H and O–H groups in total. The van der Waals surface area contributed by atoms with Crippen LogP contribution < -0.4 is 0 Å². The summed E-state index contributed by atoms with van der Waals surface area (Å²) in [5.41, 5.74) is 0.467. The zero-order chi connectivity index (χ0) is 18.8. The minimum atomic E-state index is -1.41. The Morgan fingerprint density at radius 1 is 1.04 bits per heavy atom. The van der Waals surface area contributed by atoms with E-state index in [0.29, 0.717) is 5.56 Å². The van der Waals surface area contributed by atoms with Crippen LogP contribution in [0.3, 0.4) is 0 Å². The average molecular weight is 345 g/mol. The fourth-order valence-electron chi connectivity index (χ4n) is 2.07. The summed E-state index contributed by atoms with van der Waals surface area (Å²) < 4.78 is 8.19. The lowest BCUT2D eigenvalue weighted by molar-refractivity contribution is -0.415. The third-order valence-corrected chi connectivity index (χ3v) is 3.10. The molecule has 1 aromatic rings. The van der Waals surface area contributed by atoms with E-state index in [1.165, 1.54) is 28.3 Å². The van der Waals surface area contributed by atoms with E-state index in [1.807, 2.05) is 0 Å². The third-order valence-electron chi connectivity index (χ3n) is 3.10. The molecule has 0 saturated carbocycles. The van der Waals surface area contributed by atoms with Gasteiger partial charge < -0.3 is 5.11 Å². The van der Waals surface area contributed by atoms with E-state index in [4.69, 9.17) is 16.0 Å². The van der Waals surface area contributed by atoms with E-state index >= 15 is 0 Å². The second-order valence-corrected chi connectivity index (χ2v) is 4.84. The monoisotopic (exact) mass is 345 g/mol. The van der Waals surface area contributed by atoms with Crippen LogP contribution in [0, 0.1) is 0 Å². The van der Waals surface area contributed by atoms with Crippen molar-refractivity contribution in [2.45, 2.75) is 37.7 Å². The third kappa shape index (κ3) is 6.25. The van der Waals surface area contributed by atoms with Gasteiger partial charge in [-0.1, -0.05) is 30.3 Å². The van der Waals surface area contributed by atoms with E-state index in [0.717, 1.165) is 0 Å². The van der Waals surface area contributed by atoms with Gasteiger partial charge in [-0.05, 0) is 12.5 Å². The molecule has 1 unspecified atom stereocenters. The number of rotatable bonds is 12. The first-order valence-electron chi connectivity index (χ1n) is 7.83. The molecule has 0 heterocycles. The van der Waals surface area contributed by atoms with E-state index in [9.17, 15) is 9.90 Å². The van der Waals surface area contributed by atoms with Crippen molar-refractivity contribution >= 4 is 5.78 Å². The van der Waals surface area contributed by atoms with Crippen LogP contribution in [-0.2, 0) is 40.5 Å². The van der Waals surface area contributed by atoms with E-state index in [2.05, 4.69) is 14.7 Å². The lowest BCUT2D eigenvalue weighted by Crippen LogP contribution is -2.51. The number of carbonyl (C=O) groups is 1. The van der Waals surface area contributed by atoms with Crippen molar-refractivity contribution < 1.29 is 40.6 Å². The first kappa shape index (κ1) is 18.9. The molecule has 0 radical (unpaired) electrons. The van der Waals surface area contributed by atoms with Gasteiger partial charge >= 0.3 is 0 Å². The van der Waals surface area contributed by atoms with Crippen LogP contribution >= 0.6 is 0 Å². The van der Waals surface area contributed by atoms with Gasteiger partial charge in [0.25, 0.3) is 0 Å². The summed E-state index contributed by atoms with van der Waals surface area (Å²) in [5.74, 6) is -0.666. The number of hydrogen-bond donors (Lipinski definition) is 1. The highest BCUT2D eigenvalue weighted by molar-refractivity contribution is 5.85. The number of aliphatic hydroxyl groups excluding tert-OH is 1. The maximum atomic E-state index is 12.8. The maximum Gasteiger partial charge on any atom is 0.183 e. The predicted molar refractivity (Wildman–Crippen MR) is 82.5 cm³/mol. The van der Waals surface area contributed by atoms with Crippen LogP contribution in [-0.4, -0.2) is 56.6 Å². The molecule has 0 saturated heterocycles. The number of Topliss-reactive ketones (excluding diaryl/α,β-unsaturated/α-hetero) is 1. The molecule has 8 heteroatoms. The smallest absolute Gasteiger partial charge is 0.183 e. The van der Waals surface area contributed by atoms with Crippen molar-refractivity contribution in [3.05, 3.63) is 35.9 Å². The standard InChI is InChI=1S/C16H24O8/c1-11(17)14(22-19-2)16(24-21-4)15(23-20-3)13(18)10-12-8-6-5-7-9-12/h5-9,11,14-17H,10H2,1-4H3/t11-,14-,15+,16+/m1/s1/i10D/t10?,11-,14-,15+,16+. The molecule has 0 aromatic heterocycles. The summed E-state index contributed by atoms with van der Waals surface area (Å²) in [4.78, 5) is 41.7. The van der Waals surface area contributed by atoms with Gasteiger partial charge in [0.1, 0.15) is 0 Å². The molecular weight excluding hydrogens is 320 g/mol. The zero-order valence-electron chi connectivity index (χ0n) is 15.1. The van der Waals surface area contributed by atoms with Crippen molar-refractivity contribution in [3.8, 4) is 0 Å². The van der Waals surface area contributed by atoms with Crippen molar-refractivity contribution in [3.63, 3.8) is 0 Å². The van der Waals surface area contributed by atoms with Gasteiger partial charge in [0.05, 0.1) is 27.4 Å². The minimum absolute atomic E-state index is 0.467. The van der Waals surface area contributed by atoms with Crippen LogP contribution in [0.5, 0.6) is 0 Å². The number of hydrogen-bond acceptors (Lipinski definition) is 8. The summed E-state index contributed by atoms with van der Waals surface area (Å²) in [6.45, 7) is 1.42. The SMILES string of the molecule is [2H]C(C(=O)[C@H](OOC)[C@@H](OOC)[C@H](OOC)[C@@H](C)O)c1ccccc1. The van der Waals surface area contributed by atoms with Crippen LogP contribution in [0.25, 0.3) is 0 Å². The van der Waals surface area contributed by atoms with Gasteiger partial charge in [-0.2, -0.15) is 0 Å².